The quantitative estimate of drug-likeness (QED) is 0.106. The van der Waals surface area contributed by atoms with Gasteiger partial charge in [-0.25, -0.2) is 8.78 Å². The Labute approximate surface area is 237 Å². The van der Waals surface area contributed by atoms with E-state index in [1.54, 1.807) is 13.0 Å². The van der Waals surface area contributed by atoms with Gasteiger partial charge in [0.15, 0.2) is 0 Å². The molecule has 0 saturated carbocycles. The zero-order valence-electron chi connectivity index (χ0n) is 23.5. The van der Waals surface area contributed by atoms with Crippen LogP contribution in [-0.2, 0) is 26.9 Å². The Morgan fingerprint density at radius 3 is 2.39 bits per heavy atom. The summed E-state index contributed by atoms with van der Waals surface area (Å²) in [7, 11) is 0. The van der Waals surface area contributed by atoms with E-state index in [2.05, 4.69) is 18.5 Å². The number of amides is 1. The van der Waals surface area contributed by atoms with E-state index in [0.717, 1.165) is 12.5 Å². The van der Waals surface area contributed by atoms with Crippen LogP contribution in [0.25, 0.3) is 11.1 Å². The molecule has 0 aliphatic heterocycles. The standard InChI is InChI=1S/C31H36F5NO4/c1-6-8-9-10-11-20-14-22(32)13-19(5)28(20)21-15-23(29(33)24(16-21)31(34,35)36)25(17-27(39)41-7-2)37-30(40)26(38)12-18(3)4/h6,13-16,25-26,38H,1,3,7-12,17H2,2,4-5H3,(H,37,40)/t25-,26-/m0/s1. The molecular weight excluding hydrogens is 545 g/mol. The average molecular weight is 582 g/mol. The Balaban J connectivity index is 2.76. The number of unbranched alkanes of at least 4 members (excludes halogenated alkanes) is 2. The van der Waals surface area contributed by atoms with Crippen LogP contribution in [-0.4, -0.2) is 29.7 Å². The number of aliphatic hydroxyl groups excluding tert-OH is 1. The zero-order chi connectivity index (χ0) is 30.9. The van der Waals surface area contributed by atoms with Crippen molar-refractivity contribution in [3.8, 4) is 11.1 Å². The molecule has 0 aliphatic rings. The first-order valence-corrected chi connectivity index (χ1v) is 13.3. The molecule has 5 nitrogen and oxygen atoms in total. The highest BCUT2D eigenvalue weighted by atomic mass is 19.4. The predicted octanol–water partition coefficient (Wildman–Crippen LogP) is 7.30. The lowest BCUT2D eigenvalue weighted by atomic mass is 9.88. The van der Waals surface area contributed by atoms with Gasteiger partial charge in [-0.05, 0) is 93.0 Å². The van der Waals surface area contributed by atoms with Crippen molar-refractivity contribution in [2.45, 2.75) is 77.6 Å². The van der Waals surface area contributed by atoms with E-state index in [4.69, 9.17) is 4.74 Å². The van der Waals surface area contributed by atoms with Crippen LogP contribution in [0.3, 0.4) is 0 Å². The molecule has 0 aromatic heterocycles. The number of benzene rings is 2. The maximum Gasteiger partial charge on any atom is 0.419 e. The topological polar surface area (TPSA) is 75.6 Å². The van der Waals surface area contributed by atoms with Crippen LogP contribution in [0.2, 0.25) is 0 Å². The number of alkyl halides is 3. The van der Waals surface area contributed by atoms with Gasteiger partial charge in [0, 0.05) is 12.0 Å². The van der Waals surface area contributed by atoms with Crippen LogP contribution >= 0.6 is 0 Å². The second kappa shape index (κ2) is 14.9. The van der Waals surface area contributed by atoms with Gasteiger partial charge in [-0.1, -0.05) is 11.6 Å². The van der Waals surface area contributed by atoms with Gasteiger partial charge in [0.05, 0.1) is 24.6 Å². The van der Waals surface area contributed by atoms with Crippen LogP contribution in [0.4, 0.5) is 22.0 Å². The molecule has 2 aromatic carbocycles. The predicted molar refractivity (Wildman–Crippen MR) is 147 cm³/mol. The number of aliphatic hydroxyl groups is 1. The van der Waals surface area contributed by atoms with Crippen molar-refractivity contribution in [1.29, 1.82) is 0 Å². The SMILES string of the molecule is C=CCCCCc1cc(F)cc(C)c1-c1cc([C@H](CC(=O)OCC)NC(=O)[C@@H](O)CC(=C)C)c(F)c(C(F)(F)F)c1. The fourth-order valence-electron chi connectivity index (χ4n) is 4.59. The molecule has 224 valence electrons. The van der Waals surface area contributed by atoms with Crippen LogP contribution in [0, 0.1) is 18.6 Å². The summed E-state index contributed by atoms with van der Waals surface area (Å²) in [6, 6.07) is 2.56. The van der Waals surface area contributed by atoms with Crippen LogP contribution in [0.15, 0.2) is 49.1 Å². The van der Waals surface area contributed by atoms with Crippen molar-refractivity contribution in [1.82, 2.24) is 5.32 Å². The van der Waals surface area contributed by atoms with Crippen molar-refractivity contribution in [3.63, 3.8) is 0 Å². The van der Waals surface area contributed by atoms with Gasteiger partial charge < -0.3 is 15.2 Å². The van der Waals surface area contributed by atoms with Gasteiger partial charge in [-0.2, -0.15) is 13.2 Å². The van der Waals surface area contributed by atoms with E-state index in [-0.39, 0.29) is 18.6 Å². The minimum Gasteiger partial charge on any atom is -0.466 e. The number of aryl methyl sites for hydroxylation is 2. The van der Waals surface area contributed by atoms with E-state index in [9.17, 15) is 32.3 Å². The summed E-state index contributed by atoms with van der Waals surface area (Å²) >= 11 is 0. The number of allylic oxidation sites excluding steroid dienone is 1. The molecule has 0 saturated heterocycles. The number of hydrogen-bond donors (Lipinski definition) is 2. The van der Waals surface area contributed by atoms with E-state index in [0.29, 0.717) is 47.6 Å². The van der Waals surface area contributed by atoms with Crippen molar-refractivity contribution in [2.24, 2.45) is 0 Å². The molecule has 10 heteroatoms. The fraction of sp³-hybridized carbons (Fsp3) is 0.419. The summed E-state index contributed by atoms with van der Waals surface area (Å²) in [6.07, 6.45) is -3.53. The summed E-state index contributed by atoms with van der Waals surface area (Å²) in [5.41, 5.74) is -0.792. The highest BCUT2D eigenvalue weighted by Gasteiger charge is 2.38. The lowest BCUT2D eigenvalue weighted by molar-refractivity contribution is -0.144. The fourth-order valence-corrected chi connectivity index (χ4v) is 4.59. The number of carbonyl (C=O) groups is 2. The second-order valence-corrected chi connectivity index (χ2v) is 9.96. The molecule has 2 N–H and O–H groups in total. The lowest BCUT2D eigenvalue weighted by Crippen LogP contribution is -2.38. The molecule has 2 aromatic rings. The molecule has 2 rings (SSSR count). The molecule has 0 fully saturated rings. The third-order valence-corrected chi connectivity index (χ3v) is 6.39. The number of carbonyl (C=O) groups excluding carboxylic acids is 2. The molecule has 2 atom stereocenters. The van der Waals surface area contributed by atoms with Crippen molar-refractivity contribution >= 4 is 11.9 Å². The first-order valence-electron chi connectivity index (χ1n) is 13.3. The molecule has 1 amide bonds. The first-order chi connectivity index (χ1) is 19.2. The number of halogens is 5. The van der Waals surface area contributed by atoms with E-state index in [1.165, 1.54) is 26.0 Å². The zero-order valence-corrected chi connectivity index (χ0v) is 23.5. The van der Waals surface area contributed by atoms with Gasteiger partial charge >= 0.3 is 12.1 Å². The number of rotatable bonds is 14. The van der Waals surface area contributed by atoms with Gasteiger partial charge in [0.25, 0.3) is 0 Å². The monoisotopic (exact) mass is 581 g/mol. The number of nitrogens with one attached hydrogen (secondary N) is 1. The van der Waals surface area contributed by atoms with Crippen LogP contribution < -0.4 is 5.32 Å². The van der Waals surface area contributed by atoms with Gasteiger partial charge in [0.1, 0.15) is 17.7 Å². The summed E-state index contributed by atoms with van der Waals surface area (Å²) in [6.45, 7) is 11.8. The van der Waals surface area contributed by atoms with Crippen molar-refractivity contribution < 1.29 is 41.4 Å². The normalized spacial score (nSPS) is 12.9. The van der Waals surface area contributed by atoms with Gasteiger partial charge in [-0.15, -0.1) is 13.2 Å². The largest absolute Gasteiger partial charge is 0.466 e. The van der Waals surface area contributed by atoms with E-state index in [1.807, 2.05) is 0 Å². The second-order valence-electron chi connectivity index (χ2n) is 9.96. The maximum absolute atomic E-state index is 15.6. The highest BCUT2D eigenvalue weighted by Crippen LogP contribution is 2.40. The molecule has 41 heavy (non-hydrogen) atoms. The van der Waals surface area contributed by atoms with E-state index < -0.39 is 59.4 Å². The van der Waals surface area contributed by atoms with Crippen LogP contribution in [0.1, 0.15) is 74.2 Å². The summed E-state index contributed by atoms with van der Waals surface area (Å²) in [5, 5.41) is 12.5. The lowest BCUT2D eigenvalue weighted by Gasteiger charge is -2.24. The van der Waals surface area contributed by atoms with E-state index >= 15 is 4.39 Å². The molecule has 0 radical (unpaired) electrons. The average Bonchev–Trinajstić information content (AvgIpc) is 2.85. The Bertz CT molecular complexity index is 1270. The number of ether oxygens (including phenoxy) is 1. The number of esters is 1. The summed E-state index contributed by atoms with van der Waals surface area (Å²) < 4.78 is 77.2. The molecule has 0 bridgehead atoms. The Hall–Kier alpha value is -3.53. The number of hydrogen-bond acceptors (Lipinski definition) is 4. The minimum absolute atomic E-state index is 0.0574. The highest BCUT2D eigenvalue weighted by molar-refractivity contribution is 5.82. The van der Waals surface area contributed by atoms with Crippen molar-refractivity contribution in [2.75, 3.05) is 6.61 Å². The first kappa shape index (κ1) is 33.7. The molecule has 0 spiro atoms. The maximum atomic E-state index is 15.6. The third-order valence-electron chi connectivity index (χ3n) is 6.39. The Morgan fingerprint density at radius 2 is 1.80 bits per heavy atom. The Morgan fingerprint density at radius 1 is 1.12 bits per heavy atom. The van der Waals surface area contributed by atoms with Crippen molar-refractivity contribution in [3.05, 3.63) is 83.0 Å². The van der Waals surface area contributed by atoms with Gasteiger partial charge in [-0.3, -0.25) is 9.59 Å². The third kappa shape index (κ3) is 9.52. The molecule has 0 aliphatic carbocycles. The molecular formula is C31H36F5NO4. The summed E-state index contributed by atoms with van der Waals surface area (Å²) in [4.78, 5) is 25.1. The smallest absolute Gasteiger partial charge is 0.419 e. The Kier molecular flexibility index (Phi) is 12.2. The molecule has 0 unspecified atom stereocenters. The summed E-state index contributed by atoms with van der Waals surface area (Å²) in [5.74, 6) is -4.17. The molecule has 0 heterocycles. The minimum atomic E-state index is -5.13. The van der Waals surface area contributed by atoms with Crippen LogP contribution in [0.5, 0.6) is 0 Å². The van der Waals surface area contributed by atoms with Gasteiger partial charge in [0.2, 0.25) is 5.91 Å².